The van der Waals surface area contributed by atoms with Crippen LogP contribution in [0.3, 0.4) is 0 Å². The number of para-hydroxylation sites is 1. The first-order valence-electron chi connectivity index (χ1n) is 9.94. The summed E-state index contributed by atoms with van der Waals surface area (Å²) in [7, 11) is 0. The Morgan fingerprint density at radius 3 is 2.26 bits per heavy atom. The van der Waals surface area contributed by atoms with E-state index >= 15 is 0 Å². The minimum Gasteiger partial charge on any atom is -0.335 e. The molecule has 1 aromatic carbocycles. The van der Waals surface area contributed by atoms with Gasteiger partial charge in [0.05, 0.1) is 17.3 Å². The van der Waals surface area contributed by atoms with Gasteiger partial charge in [-0.2, -0.15) is 0 Å². The summed E-state index contributed by atoms with van der Waals surface area (Å²) in [6.45, 7) is 1.93. The zero-order chi connectivity index (χ0) is 19.1. The molecule has 0 atom stereocenters. The molecule has 0 radical (unpaired) electrons. The zero-order valence-electron chi connectivity index (χ0n) is 15.7. The second-order valence-electron chi connectivity index (χ2n) is 7.53. The number of piperidine rings is 1. The van der Waals surface area contributed by atoms with Gasteiger partial charge in [0.25, 0.3) is 0 Å². The summed E-state index contributed by atoms with van der Waals surface area (Å²) in [4.78, 5) is 26.5. The molecular weight excluding hydrogens is 364 g/mol. The van der Waals surface area contributed by atoms with Crippen LogP contribution in [0.15, 0.2) is 24.3 Å². The largest absolute Gasteiger partial charge is 0.335 e. The van der Waals surface area contributed by atoms with Gasteiger partial charge in [-0.1, -0.05) is 43.0 Å². The van der Waals surface area contributed by atoms with Crippen LogP contribution in [0.4, 0.5) is 10.5 Å². The van der Waals surface area contributed by atoms with E-state index in [0.717, 1.165) is 38.8 Å². The van der Waals surface area contributed by atoms with E-state index in [1.54, 1.807) is 12.1 Å². The molecule has 3 amide bonds. The topological polar surface area (TPSA) is 73.5 Å². The molecule has 3 N–H and O–H groups in total. The number of hydrogen-bond acceptors (Lipinski definition) is 3. The Bertz CT molecular complexity index is 641. The number of urea groups is 1. The van der Waals surface area contributed by atoms with Gasteiger partial charge in [-0.25, -0.2) is 4.79 Å². The van der Waals surface area contributed by atoms with Crippen molar-refractivity contribution in [1.82, 2.24) is 15.5 Å². The Morgan fingerprint density at radius 2 is 1.59 bits per heavy atom. The van der Waals surface area contributed by atoms with Gasteiger partial charge >= 0.3 is 6.03 Å². The highest BCUT2D eigenvalue weighted by Gasteiger charge is 2.23. The molecule has 1 saturated carbocycles. The number of halogens is 1. The van der Waals surface area contributed by atoms with Gasteiger partial charge in [-0.3, -0.25) is 9.69 Å². The number of benzene rings is 1. The summed E-state index contributed by atoms with van der Waals surface area (Å²) in [5.74, 6) is -0.0652. The summed E-state index contributed by atoms with van der Waals surface area (Å²) < 4.78 is 0. The van der Waals surface area contributed by atoms with Crippen LogP contribution < -0.4 is 16.0 Å². The number of hydrogen-bond donors (Lipinski definition) is 3. The predicted molar refractivity (Wildman–Crippen MR) is 108 cm³/mol. The highest BCUT2D eigenvalue weighted by Crippen LogP contribution is 2.20. The molecule has 1 heterocycles. The van der Waals surface area contributed by atoms with Crippen LogP contribution in [-0.4, -0.2) is 48.6 Å². The van der Waals surface area contributed by atoms with E-state index in [2.05, 4.69) is 20.9 Å². The van der Waals surface area contributed by atoms with Crippen LogP contribution >= 0.6 is 11.6 Å². The summed E-state index contributed by atoms with van der Waals surface area (Å²) in [5, 5.41) is 9.59. The third-order valence-corrected chi connectivity index (χ3v) is 5.71. The fourth-order valence-corrected chi connectivity index (χ4v) is 4.03. The normalized spacial score (nSPS) is 19.4. The highest BCUT2D eigenvalue weighted by atomic mass is 35.5. The average Bonchev–Trinajstić information content (AvgIpc) is 2.66. The first kappa shape index (κ1) is 20.0. The van der Waals surface area contributed by atoms with Crippen LogP contribution in [0.1, 0.15) is 44.9 Å². The van der Waals surface area contributed by atoms with Crippen molar-refractivity contribution in [3.05, 3.63) is 29.3 Å². The van der Waals surface area contributed by atoms with Crippen molar-refractivity contribution in [2.24, 2.45) is 0 Å². The minimum absolute atomic E-state index is 0.0446. The third kappa shape index (κ3) is 6.40. The molecule has 27 heavy (non-hydrogen) atoms. The quantitative estimate of drug-likeness (QED) is 0.719. The molecule has 1 aromatic rings. The summed E-state index contributed by atoms with van der Waals surface area (Å²) in [6.07, 6.45) is 7.59. The lowest BCUT2D eigenvalue weighted by Gasteiger charge is -2.32. The lowest BCUT2D eigenvalue weighted by Crippen LogP contribution is -2.51. The van der Waals surface area contributed by atoms with Crippen molar-refractivity contribution in [3.8, 4) is 0 Å². The summed E-state index contributed by atoms with van der Waals surface area (Å²) in [6, 6.07) is 7.69. The van der Waals surface area contributed by atoms with Gasteiger partial charge in [0.2, 0.25) is 5.91 Å². The Morgan fingerprint density at radius 1 is 0.963 bits per heavy atom. The molecule has 3 rings (SSSR count). The van der Waals surface area contributed by atoms with Gasteiger partial charge in [0, 0.05) is 25.2 Å². The third-order valence-electron chi connectivity index (χ3n) is 5.38. The molecule has 2 fully saturated rings. The van der Waals surface area contributed by atoms with Crippen LogP contribution in [0, 0.1) is 0 Å². The SMILES string of the molecule is O=C(CN1CCC(NC(=O)NC2CCCCC2)CC1)Nc1ccccc1Cl. The molecule has 1 aliphatic carbocycles. The highest BCUT2D eigenvalue weighted by molar-refractivity contribution is 6.33. The Hall–Kier alpha value is -1.79. The molecule has 148 valence electrons. The van der Waals surface area contributed by atoms with E-state index in [0.29, 0.717) is 23.3 Å². The first-order valence-corrected chi connectivity index (χ1v) is 10.3. The van der Waals surface area contributed by atoms with E-state index in [1.807, 2.05) is 12.1 Å². The second-order valence-corrected chi connectivity index (χ2v) is 7.94. The maximum atomic E-state index is 12.2. The van der Waals surface area contributed by atoms with Crippen LogP contribution in [0.25, 0.3) is 0 Å². The van der Waals surface area contributed by atoms with E-state index in [1.165, 1.54) is 19.3 Å². The molecule has 0 unspecified atom stereocenters. The van der Waals surface area contributed by atoms with Crippen molar-refractivity contribution in [2.45, 2.75) is 57.0 Å². The number of anilines is 1. The summed E-state index contributed by atoms with van der Waals surface area (Å²) >= 11 is 6.07. The number of nitrogens with one attached hydrogen (secondary N) is 3. The van der Waals surface area contributed by atoms with Gasteiger partial charge in [-0.15, -0.1) is 0 Å². The molecular formula is C20H29ClN4O2. The Balaban J connectivity index is 1.35. The average molecular weight is 393 g/mol. The van der Waals surface area contributed by atoms with Crippen molar-refractivity contribution < 1.29 is 9.59 Å². The van der Waals surface area contributed by atoms with Crippen LogP contribution in [-0.2, 0) is 4.79 Å². The van der Waals surface area contributed by atoms with Crippen LogP contribution in [0.2, 0.25) is 5.02 Å². The molecule has 2 aliphatic rings. The van der Waals surface area contributed by atoms with Gasteiger partial charge < -0.3 is 16.0 Å². The fourth-order valence-electron chi connectivity index (χ4n) is 3.85. The van der Waals surface area contributed by atoms with E-state index in [4.69, 9.17) is 11.6 Å². The number of nitrogens with zero attached hydrogens (tertiary/aromatic N) is 1. The molecule has 1 aliphatic heterocycles. The molecule has 7 heteroatoms. The van der Waals surface area contributed by atoms with Crippen molar-refractivity contribution in [3.63, 3.8) is 0 Å². The Labute approximate surface area is 166 Å². The van der Waals surface area contributed by atoms with Crippen LogP contribution in [0.5, 0.6) is 0 Å². The van der Waals surface area contributed by atoms with E-state index in [-0.39, 0.29) is 18.0 Å². The van der Waals surface area contributed by atoms with Gasteiger partial charge in [-0.05, 0) is 37.8 Å². The second kappa shape index (κ2) is 9.95. The van der Waals surface area contributed by atoms with Gasteiger partial charge in [0.1, 0.15) is 0 Å². The minimum atomic E-state index is -0.0652. The lowest BCUT2D eigenvalue weighted by atomic mass is 9.96. The predicted octanol–water partition coefficient (Wildman–Crippen LogP) is 3.37. The zero-order valence-corrected chi connectivity index (χ0v) is 16.4. The maximum absolute atomic E-state index is 12.2. The molecule has 6 nitrogen and oxygen atoms in total. The van der Waals surface area contributed by atoms with E-state index in [9.17, 15) is 9.59 Å². The molecule has 0 aromatic heterocycles. The fraction of sp³-hybridized carbons (Fsp3) is 0.600. The van der Waals surface area contributed by atoms with E-state index < -0.39 is 0 Å². The number of likely N-dealkylation sites (tertiary alicyclic amines) is 1. The monoisotopic (exact) mass is 392 g/mol. The van der Waals surface area contributed by atoms with Gasteiger partial charge in [0.15, 0.2) is 0 Å². The maximum Gasteiger partial charge on any atom is 0.315 e. The number of carbonyl (C=O) groups excluding carboxylic acids is 2. The summed E-state index contributed by atoms with van der Waals surface area (Å²) in [5.41, 5.74) is 0.639. The van der Waals surface area contributed by atoms with Crippen molar-refractivity contribution in [1.29, 1.82) is 0 Å². The first-order chi connectivity index (χ1) is 13.1. The number of rotatable bonds is 5. The molecule has 0 bridgehead atoms. The number of carbonyl (C=O) groups is 2. The van der Waals surface area contributed by atoms with Crippen molar-refractivity contribution >= 4 is 29.2 Å². The van der Waals surface area contributed by atoms with Crippen molar-refractivity contribution in [2.75, 3.05) is 25.0 Å². The lowest BCUT2D eigenvalue weighted by molar-refractivity contribution is -0.117. The number of amides is 3. The molecule has 0 spiro atoms. The smallest absolute Gasteiger partial charge is 0.315 e. The standard InChI is InChI=1S/C20H29ClN4O2/c21-17-8-4-5-9-18(17)24-19(26)14-25-12-10-16(11-13-25)23-20(27)22-15-6-2-1-3-7-15/h4-5,8-9,15-16H,1-3,6-7,10-14H2,(H,24,26)(H2,22,23,27). The Kier molecular flexibility index (Phi) is 7.35. The molecule has 1 saturated heterocycles.